The molecule has 0 aromatic heterocycles. The molecule has 2 heterocycles. The lowest BCUT2D eigenvalue weighted by Crippen LogP contribution is -2.49. The Hall–Kier alpha value is -0.0800. The maximum Gasteiger partial charge on any atom is 0.0560 e. The van der Waals surface area contributed by atoms with E-state index in [1.54, 1.807) is 0 Å². The smallest absolute Gasteiger partial charge is 0.0560 e. The molecule has 11 heavy (non-hydrogen) atoms. The summed E-state index contributed by atoms with van der Waals surface area (Å²) in [6.07, 6.45) is 0. The summed E-state index contributed by atoms with van der Waals surface area (Å²) in [5, 5.41) is 3.47. The van der Waals surface area contributed by atoms with Crippen molar-refractivity contribution < 1.29 is 4.74 Å². The van der Waals surface area contributed by atoms with Crippen molar-refractivity contribution in [3.8, 4) is 0 Å². The molecule has 0 aliphatic carbocycles. The van der Waals surface area contributed by atoms with E-state index in [2.05, 4.69) is 19.2 Å². The van der Waals surface area contributed by atoms with E-state index in [-0.39, 0.29) is 0 Å². The molecule has 0 bridgehead atoms. The van der Waals surface area contributed by atoms with Crippen LogP contribution in [-0.2, 0) is 4.74 Å². The maximum absolute atomic E-state index is 5.30. The molecule has 0 aromatic rings. The van der Waals surface area contributed by atoms with Gasteiger partial charge in [0, 0.05) is 12.0 Å². The zero-order valence-electron chi connectivity index (χ0n) is 7.39. The molecule has 1 N–H and O–H groups in total. The van der Waals surface area contributed by atoms with Gasteiger partial charge >= 0.3 is 0 Å². The van der Waals surface area contributed by atoms with E-state index in [1.165, 1.54) is 13.1 Å². The molecular formula is C9H17NO. The minimum atomic E-state index is 0.522. The summed E-state index contributed by atoms with van der Waals surface area (Å²) in [5.41, 5.74) is 0.522. The summed E-state index contributed by atoms with van der Waals surface area (Å²) in [4.78, 5) is 0. The molecule has 2 fully saturated rings. The van der Waals surface area contributed by atoms with Gasteiger partial charge in [0.1, 0.15) is 0 Å². The normalized spacial score (nSPS) is 34.6. The van der Waals surface area contributed by atoms with Crippen LogP contribution in [-0.4, -0.2) is 26.3 Å². The molecule has 2 heteroatoms. The molecule has 2 aliphatic heterocycles. The van der Waals surface area contributed by atoms with Gasteiger partial charge in [0.25, 0.3) is 0 Å². The van der Waals surface area contributed by atoms with Gasteiger partial charge in [-0.3, -0.25) is 0 Å². The summed E-state index contributed by atoms with van der Waals surface area (Å²) in [5.74, 6) is 1.64. The Labute approximate surface area is 68.3 Å². The fourth-order valence-electron chi connectivity index (χ4n) is 2.45. The average Bonchev–Trinajstić information content (AvgIpc) is 2.27. The second-order valence-electron chi connectivity index (χ2n) is 4.34. The zero-order valence-corrected chi connectivity index (χ0v) is 7.39. The molecule has 1 unspecified atom stereocenters. The quantitative estimate of drug-likeness (QED) is 0.607. The van der Waals surface area contributed by atoms with Gasteiger partial charge in [0.2, 0.25) is 0 Å². The monoisotopic (exact) mass is 155 g/mol. The molecule has 2 aliphatic rings. The van der Waals surface area contributed by atoms with E-state index < -0.39 is 0 Å². The Bertz CT molecular complexity index is 152. The Morgan fingerprint density at radius 3 is 2.55 bits per heavy atom. The third-order valence-electron chi connectivity index (χ3n) is 3.21. The first-order valence-electron chi connectivity index (χ1n) is 4.53. The van der Waals surface area contributed by atoms with Gasteiger partial charge in [-0.2, -0.15) is 0 Å². The highest BCUT2D eigenvalue weighted by molar-refractivity contribution is 5.00. The minimum absolute atomic E-state index is 0.522. The fraction of sp³-hybridized carbons (Fsp3) is 1.00. The Kier molecular flexibility index (Phi) is 1.69. The topological polar surface area (TPSA) is 21.3 Å². The molecule has 2 saturated heterocycles. The van der Waals surface area contributed by atoms with Gasteiger partial charge in [0.15, 0.2) is 0 Å². The van der Waals surface area contributed by atoms with Gasteiger partial charge < -0.3 is 10.1 Å². The Balaban J connectivity index is 2.07. The van der Waals surface area contributed by atoms with Gasteiger partial charge in [-0.15, -0.1) is 0 Å². The summed E-state index contributed by atoms with van der Waals surface area (Å²) >= 11 is 0. The van der Waals surface area contributed by atoms with Crippen LogP contribution in [0.2, 0.25) is 0 Å². The third kappa shape index (κ3) is 1.00. The van der Waals surface area contributed by atoms with E-state index >= 15 is 0 Å². The molecule has 0 aromatic carbocycles. The standard InChI is InChI=1S/C9H17NO/c1-7(2)8-3-10-4-9(8)5-11-6-9/h7-8,10H,3-6H2,1-2H3. The van der Waals surface area contributed by atoms with E-state index in [1.807, 2.05) is 0 Å². The summed E-state index contributed by atoms with van der Waals surface area (Å²) in [7, 11) is 0. The Morgan fingerprint density at radius 2 is 2.18 bits per heavy atom. The third-order valence-corrected chi connectivity index (χ3v) is 3.21. The van der Waals surface area contributed by atoms with Crippen LogP contribution in [0.15, 0.2) is 0 Å². The van der Waals surface area contributed by atoms with Gasteiger partial charge in [-0.05, 0) is 18.4 Å². The number of rotatable bonds is 1. The van der Waals surface area contributed by atoms with Crippen LogP contribution in [0, 0.1) is 17.3 Å². The molecule has 1 spiro atoms. The van der Waals surface area contributed by atoms with Crippen molar-refractivity contribution in [2.75, 3.05) is 26.3 Å². The molecule has 0 radical (unpaired) electrons. The number of hydrogen-bond acceptors (Lipinski definition) is 2. The van der Waals surface area contributed by atoms with E-state index in [4.69, 9.17) is 4.74 Å². The first kappa shape index (κ1) is 7.56. The minimum Gasteiger partial charge on any atom is -0.380 e. The lowest BCUT2D eigenvalue weighted by Gasteiger charge is -2.43. The van der Waals surface area contributed by atoms with Gasteiger partial charge in [-0.25, -0.2) is 0 Å². The molecule has 0 amide bonds. The van der Waals surface area contributed by atoms with Crippen molar-refractivity contribution in [2.45, 2.75) is 13.8 Å². The molecule has 64 valence electrons. The largest absolute Gasteiger partial charge is 0.380 e. The second kappa shape index (κ2) is 2.46. The molecule has 2 nitrogen and oxygen atoms in total. The molecule has 2 rings (SSSR count). The van der Waals surface area contributed by atoms with Crippen LogP contribution >= 0.6 is 0 Å². The summed E-state index contributed by atoms with van der Waals surface area (Å²) in [6.45, 7) is 8.98. The zero-order chi connectivity index (χ0) is 7.90. The average molecular weight is 155 g/mol. The van der Waals surface area contributed by atoms with Crippen LogP contribution < -0.4 is 5.32 Å². The predicted octanol–water partition coefficient (Wildman–Crippen LogP) is 0.878. The van der Waals surface area contributed by atoms with Crippen molar-refractivity contribution in [1.82, 2.24) is 5.32 Å². The summed E-state index contributed by atoms with van der Waals surface area (Å²) < 4.78 is 5.30. The van der Waals surface area contributed by atoms with Crippen molar-refractivity contribution in [2.24, 2.45) is 17.3 Å². The van der Waals surface area contributed by atoms with Gasteiger partial charge in [0.05, 0.1) is 13.2 Å². The fourth-order valence-corrected chi connectivity index (χ4v) is 2.45. The molecule has 1 atom stereocenters. The lowest BCUT2D eigenvalue weighted by atomic mass is 9.71. The maximum atomic E-state index is 5.30. The van der Waals surface area contributed by atoms with Crippen molar-refractivity contribution >= 4 is 0 Å². The van der Waals surface area contributed by atoms with Crippen LogP contribution in [0.3, 0.4) is 0 Å². The number of ether oxygens (including phenoxy) is 1. The first-order valence-corrected chi connectivity index (χ1v) is 4.53. The van der Waals surface area contributed by atoms with Crippen LogP contribution in [0.4, 0.5) is 0 Å². The summed E-state index contributed by atoms with van der Waals surface area (Å²) in [6, 6.07) is 0. The highest BCUT2D eigenvalue weighted by Crippen LogP contribution is 2.42. The number of nitrogens with one attached hydrogen (secondary N) is 1. The number of hydrogen-bond donors (Lipinski definition) is 1. The van der Waals surface area contributed by atoms with E-state index in [0.29, 0.717) is 5.41 Å². The van der Waals surface area contributed by atoms with E-state index in [0.717, 1.165) is 25.0 Å². The van der Waals surface area contributed by atoms with Gasteiger partial charge in [-0.1, -0.05) is 13.8 Å². The highest BCUT2D eigenvalue weighted by Gasteiger charge is 2.49. The van der Waals surface area contributed by atoms with Crippen molar-refractivity contribution in [3.63, 3.8) is 0 Å². The first-order chi connectivity index (χ1) is 5.25. The van der Waals surface area contributed by atoms with Crippen LogP contribution in [0.1, 0.15) is 13.8 Å². The van der Waals surface area contributed by atoms with Crippen molar-refractivity contribution in [3.05, 3.63) is 0 Å². The van der Waals surface area contributed by atoms with E-state index in [9.17, 15) is 0 Å². The van der Waals surface area contributed by atoms with Crippen LogP contribution in [0.5, 0.6) is 0 Å². The lowest BCUT2D eigenvalue weighted by molar-refractivity contribution is -0.132. The SMILES string of the molecule is CC(C)C1CNCC12COC2. The Morgan fingerprint density at radius 1 is 1.45 bits per heavy atom. The molecular weight excluding hydrogens is 138 g/mol. The second-order valence-corrected chi connectivity index (χ2v) is 4.34. The highest BCUT2D eigenvalue weighted by atomic mass is 16.5. The molecule has 0 saturated carbocycles. The predicted molar refractivity (Wildman–Crippen MR) is 44.4 cm³/mol. The van der Waals surface area contributed by atoms with Crippen LogP contribution in [0.25, 0.3) is 0 Å². The van der Waals surface area contributed by atoms with Crippen molar-refractivity contribution in [1.29, 1.82) is 0 Å².